The standard InChI is InChI=1S/C11H14O5.C11H20O2.C5H8O2/c1-7(10(12)13)3-4-8(2)11(14)16-6-9-5-15-9;1-4-7-8-10(5-2)9-13-11(12)6-3;1-4(2)5(6)7-3/h3,9H,2,4-6H2,1H3,(H,12,13);6,10H,3-5,7-9H2,1-2H3;1H2,2-3H3. The molecule has 1 aliphatic heterocycles. The molecule has 1 rings (SSSR count). The second-order valence-electron chi connectivity index (χ2n) is 8.08. The van der Waals surface area contributed by atoms with Crippen molar-refractivity contribution >= 4 is 23.9 Å². The van der Waals surface area contributed by atoms with Gasteiger partial charge in [0.1, 0.15) is 12.7 Å². The fourth-order valence-electron chi connectivity index (χ4n) is 2.21. The molecule has 0 aromatic heterocycles. The van der Waals surface area contributed by atoms with Crippen LogP contribution in [-0.2, 0) is 38.1 Å². The first-order valence-electron chi connectivity index (χ1n) is 11.8. The highest BCUT2D eigenvalue weighted by Gasteiger charge is 2.24. The van der Waals surface area contributed by atoms with Crippen LogP contribution in [0.25, 0.3) is 0 Å². The summed E-state index contributed by atoms with van der Waals surface area (Å²) in [7, 11) is 1.33. The maximum absolute atomic E-state index is 11.3. The summed E-state index contributed by atoms with van der Waals surface area (Å²) >= 11 is 0. The Morgan fingerprint density at radius 1 is 1.11 bits per heavy atom. The molecule has 0 aromatic carbocycles. The number of unbranched alkanes of at least 4 members (excludes halogenated alkanes) is 1. The molecule has 0 saturated carbocycles. The van der Waals surface area contributed by atoms with Gasteiger partial charge < -0.3 is 24.1 Å². The summed E-state index contributed by atoms with van der Waals surface area (Å²) in [6.45, 7) is 19.0. The van der Waals surface area contributed by atoms with Gasteiger partial charge in [-0.05, 0) is 32.6 Å². The van der Waals surface area contributed by atoms with Crippen molar-refractivity contribution in [1.29, 1.82) is 0 Å². The number of rotatable bonds is 14. The molecule has 0 aliphatic carbocycles. The molecule has 0 radical (unpaired) electrons. The Bertz CT molecular complexity index is 776. The number of carbonyl (C=O) groups is 4. The average molecular weight is 511 g/mol. The second kappa shape index (κ2) is 21.1. The van der Waals surface area contributed by atoms with Crippen molar-refractivity contribution < 1.29 is 43.2 Å². The molecule has 2 atom stereocenters. The van der Waals surface area contributed by atoms with E-state index >= 15 is 0 Å². The lowest BCUT2D eigenvalue weighted by Gasteiger charge is -2.13. The zero-order chi connectivity index (χ0) is 28.1. The maximum atomic E-state index is 11.3. The number of allylic oxidation sites excluding steroid dienone is 1. The Morgan fingerprint density at radius 3 is 2.11 bits per heavy atom. The number of aliphatic carboxylic acids is 1. The van der Waals surface area contributed by atoms with Gasteiger partial charge in [-0.25, -0.2) is 19.2 Å². The summed E-state index contributed by atoms with van der Waals surface area (Å²) in [4.78, 5) is 42.7. The van der Waals surface area contributed by atoms with Crippen molar-refractivity contribution in [1.82, 2.24) is 0 Å². The van der Waals surface area contributed by atoms with Gasteiger partial charge in [-0.2, -0.15) is 0 Å². The Labute approximate surface area is 214 Å². The normalized spacial score (nSPS) is 14.4. The molecule has 204 valence electrons. The Hall–Kier alpha value is -3.20. The van der Waals surface area contributed by atoms with E-state index in [1.54, 1.807) is 6.92 Å². The topological polar surface area (TPSA) is 129 Å². The molecule has 0 aromatic rings. The zero-order valence-corrected chi connectivity index (χ0v) is 22.3. The Morgan fingerprint density at radius 2 is 1.72 bits per heavy atom. The third kappa shape index (κ3) is 20.2. The van der Waals surface area contributed by atoms with Crippen LogP contribution in [0.3, 0.4) is 0 Å². The first kappa shape index (κ1) is 35.0. The number of hydrogen-bond acceptors (Lipinski definition) is 8. The van der Waals surface area contributed by atoms with Crippen LogP contribution in [0, 0.1) is 5.92 Å². The molecule has 9 heteroatoms. The lowest BCUT2D eigenvalue weighted by molar-refractivity contribution is -0.140. The van der Waals surface area contributed by atoms with E-state index in [1.807, 2.05) is 0 Å². The van der Waals surface area contributed by atoms with Crippen LogP contribution in [0.5, 0.6) is 0 Å². The molecule has 1 N–H and O–H groups in total. The summed E-state index contributed by atoms with van der Waals surface area (Å²) in [5.41, 5.74) is 0.850. The zero-order valence-electron chi connectivity index (χ0n) is 22.3. The molecule has 1 fully saturated rings. The number of hydrogen-bond donors (Lipinski definition) is 1. The predicted octanol–water partition coefficient (Wildman–Crippen LogP) is 4.57. The van der Waals surface area contributed by atoms with E-state index in [0.717, 1.165) is 12.8 Å². The van der Waals surface area contributed by atoms with Crippen molar-refractivity contribution in [3.05, 3.63) is 48.6 Å². The second-order valence-corrected chi connectivity index (χ2v) is 8.08. The van der Waals surface area contributed by atoms with Crippen LogP contribution in [-0.4, -0.2) is 62.0 Å². The minimum Gasteiger partial charge on any atom is -0.478 e. The van der Waals surface area contributed by atoms with E-state index in [9.17, 15) is 19.2 Å². The number of esters is 3. The van der Waals surface area contributed by atoms with Crippen molar-refractivity contribution in [3.63, 3.8) is 0 Å². The summed E-state index contributed by atoms with van der Waals surface area (Å²) in [6, 6.07) is 0. The van der Waals surface area contributed by atoms with Crippen molar-refractivity contribution in [3.8, 4) is 0 Å². The third-order valence-electron chi connectivity index (χ3n) is 4.79. The first-order chi connectivity index (χ1) is 16.9. The van der Waals surface area contributed by atoms with Gasteiger partial charge in [0.05, 0.1) is 20.3 Å². The van der Waals surface area contributed by atoms with Crippen molar-refractivity contribution in [2.24, 2.45) is 5.92 Å². The van der Waals surface area contributed by atoms with E-state index in [1.165, 1.54) is 39.0 Å². The van der Waals surface area contributed by atoms with E-state index in [4.69, 9.17) is 19.3 Å². The van der Waals surface area contributed by atoms with Crippen LogP contribution in [0.4, 0.5) is 0 Å². The number of carbonyl (C=O) groups excluding carboxylic acids is 3. The van der Waals surface area contributed by atoms with Crippen LogP contribution in [0.15, 0.2) is 48.6 Å². The predicted molar refractivity (Wildman–Crippen MR) is 137 cm³/mol. The highest BCUT2D eigenvalue weighted by atomic mass is 16.6. The highest BCUT2D eigenvalue weighted by molar-refractivity contribution is 5.89. The number of ether oxygens (including phenoxy) is 4. The molecular formula is C27H42O9. The minimum atomic E-state index is -1.01. The molecule has 2 unspecified atom stereocenters. The smallest absolute Gasteiger partial charge is 0.333 e. The molecule has 1 aliphatic rings. The SMILES string of the molecule is C=C(C)C(=O)OC.C=C(CC=C(C)C(=O)O)C(=O)OCC1CO1.C=CC(=O)OCC(CC)CCCC. The molecule has 0 amide bonds. The molecule has 1 saturated heterocycles. The van der Waals surface area contributed by atoms with E-state index in [2.05, 4.69) is 38.3 Å². The fraction of sp³-hybridized carbons (Fsp3) is 0.556. The maximum Gasteiger partial charge on any atom is 0.333 e. The van der Waals surface area contributed by atoms with Gasteiger partial charge in [-0.3, -0.25) is 0 Å². The van der Waals surface area contributed by atoms with E-state index in [-0.39, 0.29) is 42.2 Å². The molecule has 0 bridgehead atoms. The summed E-state index contributed by atoms with van der Waals surface area (Å²) in [5, 5.41) is 8.59. The lowest BCUT2D eigenvalue weighted by atomic mass is 10.0. The molecular weight excluding hydrogens is 468 g/mol. The summed E-state index contributed by atoms with van der Waals surface area (Å²) in [5.74, 6) is -1.66. The van der Waals surface area contributed by atoms with Gasteiger partial charge in [-0.15, -0.1) is 0 Å². The third-order valence-corrected chi connectivity index (χ3v) is 4.79. The summed E-state index contributed by atoms with van der Waals surface area (Å²) in [6.07, 6.45) is 7.49. The highest BCUT2D eigenvalue weighted by Crippen LogP contribution is 2.13. The Kier molecular flexibility index (Phi) is 20.5. The monoisotopic (exact) mass is 510 g/mol. The Balaban J connectivity index is 0. The summed E-state index contributed by atoms with van der Waals surface area (Å²) < 4.78 is 19.0. The van der Waals surface area contributed by atoms with Crippen LogP contribution in [0.2, 0.25) is 0 Å². The quantitative estimate of drug-likeness (QED) is 0.155. The van der Waals surface area contributed by atoms with Crippen molar-refractivity contribution in [2.45, 2.75) is 65.9 Å². The van der Waals surface area contributed by atoms with Gasteiger partial charge >= 0.3 is 23.9 Å². The molecule has 9 nitrogen and oxygen atoms in total. The fourth-order valence-corrected chi connectivity index (χ4v) is 2.21. The van der Waals surface area contributed by atoms with Gasteiger partial charge in [0.15, 0.2) is 0 Å². The number of epoxide rings is 1. The van der Waals surface area contributed by atoms with E-state index in [0.29, 0.717) is 24.7 Å². The van der Waals surface area contributed by atoms with Gasteiger partial charge in [-0.1, -0.05) is 58.9 Å². The van der Waals surface area contributed by atoms with E-state index < -0.39 is 11.9 Å². The molecule has 1 heterocycles. The lowest BCUT2D eigenvalue weighted by Crippen LogP contribution is -2.12. The van der Waals surface area contributed by atoms with Crippen molar-refractivity contribution in [2.75, 3.05) is 26.9 Å². The van der Waals surface area contributed by atoms with Crippen LogP contribution >= 0.6 is 0 Å². The van der Waals surface area contributed by atoms with Crippen LogP contribution in [0.1, 0.15) is 59.8 Å². The number of carboxylic acids is 1. The van der Waals surface area contributed by atoms with Gasteiger partial charge in [0.2, 0.25) is 0 Å². The van der Waals surface area contributed by atoms with Gasteiger partial charge in [0.25, 0.3) is 0 Å². The largest absolute Gasteiger partial charge is 0.478 e. The molecule has 0 spiro atoms. The molecule has 36 heavy (non-hydrogen) atoms. The average Bonchev–Trinajstić information content (AvgIpc) is 3.70. The van der Waals surface area contributed by atoms with Gasteiger partial charge in [0, 0.05) is 22.8 Å². The number of carboxylic acid groups (broad SMARTS) is 1. The number of methoxy groups -OCH3 is 1. The first-order valence-corrected chi connectivity index (χ1v) is 11.8. The van der Waals surface area contributed by atoms with Crippen LogP contribution < -0.4 is 0 Å². The minimum absolute atomic E-state index is 0.0213.